The van der Waals surface area contributed by atoms with Crippen LogP contribution in [0.15, 0.2) is 54.6 Å². The van der Waals surface area contributed by atoms with Gasteiger partial charge in [-0.3, -0.25) is 0 Å². The van der Waals surface area contributed by atoms with Gasteiger partial charge in [-0.2, -0.15) is 0 Å². The lowest BCUT2D eigenvalue weighted by Crippen LogP contribution is -2.07. The van der Waals surface area contributed by atoms with Crippen LogP contribution in [0.4, 0.5) is 4.39 Å². The van der Waals surface area contributed by atoms with E-state index in [4.69, 9.17) is 17.0 Å². The molecule has 0 amide bonds. The van der Waals surface area contributed by atoms with Gasteiger partial charge in [-0.15, -0.1) is 0 Å². The van der Waals surface area contributed by atoms with Gasteiger partial charge in [0.15, 0.2) is 5.05 Å². The molecule has 3 heteroatoms. The van der Waals surface area contributed by atoms with Crippen LogP contribution >= 0.6 is 12.2 Å². The predicted octanol–water partition coefficient (Wildman–Crippen LogP) is 4.28. The van der Waals surface area contributed by atoms with Crippen LogP contribution < -0.4 is 0 Å². The summed E-state index contributed by atoms with van der Waals surface area (Å²) in [6.07, 6.45) is -0.196. The first-order chi connectivity index (χ1) is 8.66. The molecule has 2 aromatic rings. The summed E-state index contributed by atoms with van der Waals surface area (Å²) in [6.45, 7) is 1.89. The van der Waals surface area contributed by atoms with Gasteiger partial charge in [0.1, 0.15) is 11.9 Å². The minimum atomic E-state index is -0.253. The maximum Gasteiger partial charge on any atom is 0.191 e. The molecule has 0 aromatic heterocycles. The molecule has 0 spiro atoms. The minimum absolute atomic E-state index is 0.196. The zero-order chi connectivity index (χ0) is 13.0. The highest BCUT2D eigenvalue weighted by Crippen LogP contribution is 2.19. The molecule has 92 valence electrons. The number of halogens is 1. The van der Waals surface area contributed by atoms with Crippen molar-refractivity contribution in [3.63, 3.8) is 0 Å². The Balaban J connectivity index is 2.06. The van der Waals surface area contributed by atoms with Crippen LogP contribution in [0, 0.1) is 5.82 Å². The number of thiocarbonyl (C=S) groups is 1. The topological polar surface area (TPSA) is 9.23 Å². The van der Waals surface area contributed by atoms with Gasteiger partial charge >= 0.3 is 0 Å². The quantitative estimate of drug-likeness (QED) is 0.762. The zero-order valence-corrected chi connectivity index (χ0v) is 10.8. The Morgan fingerprint density at radius 1 is 1.06 bits per heavy atom. The second-order valence-electron chi connectivity index (χ2n) is 3.97. The molecule has 0 bridgehead atoms. The fourth-order valence-electron chi connectivity index (χ4n) is 1.60. The zero-order valence-electron chi connectivity index (χ0n) is 9.97. The van der Waals surface area contributed by atoms with E-state index in [2.05, 4.69) is 0 Å². The average molecular weight is 260 g/mol. The van der Waals surface area contributed by atoms with Crippen LogP contribution in [0.5, 0.6) is 0 Å². The highest BCUT2D eigenvalue weighted by Gasteiger charge is 2.10. The van der Waals surface area contributed by atoms with Crippen molar-refractivity contribution in [2.45, 2.75) is 13.0 Å². The van der Waals surface area contributed by atoms with E-state index >= 15 is 0 Å². The molecule has 0 saturated carbocycles. The molecule has 1 unspecified atom stereocenters. The monoisotopic (exact) mass is 260 g/mol. The van der Waals surface area contributed by atoms with E-state index < -0.39 is 0 Å². The molecule has 1 atom stereocenters. The normalized spacial score (nSPS) is 11.9. The summed E-state index contributed by atoms with van der Waals surface area (Å²) in [6, 6.07) is 15.8. The molecule has 0 aliphatic rings. The molecule has 0 aliphatic heterocycles. The molecule has 2 rings (SSSR count). The van der Waals surface area contributed by atoms with Crippen molar-refractivity contribution >= 4 is 17.3 Å². The van der Waals surface area contributed by atoms with Crippen LogP contribution in [-0.2, 0) is 4.74 Å². The first kappa shape index (κ1) is 12.7. The summed E-state index contributed by atoms with van der Waals surface area (Å²) in [5.41, 5.74) is 1.77. The lowest BCUT2D eigenvalue weighted by molar-refractivity contribution is 0.220. The number of rotatable bonds is 3. The van der Waals surface area contributed by atoms with Gasteiger partial charge in [0.2, 0.25) is 0 Å². The van der Waals surface area contributed by atoms with Crippen LogP contribution in [0.2, 0.25) is 0 Å². The summed E-state index contributed by atoms with van der Waals surface area (Å²) in [5.74, 6) is -0.253. The highest BCUT2D eigenvalue weighted by atomic mass is 32.1. The number of hydrogen-bond acceptors (Lipinski definition) is 2. The molecule has 0 fully saturated rings. The lowest BCUT2D eigenvalue weighted by atomic mass is 10.1. The van der Waals surface area contributed by atoms with E-state index in [1.54, 1.807) is 12.1 Å². The van der Waals surface area contributed by atoms with Crippen LogP contribution in [0.3, 0.4) is 0 Å². The molecule has 1 nitrogen and oxygen atoms in total. The van der Waals surface area contributed by atoms with Gasteiger partial charge in [0, 0.05) is 5.56 Å². The van der Waals surface area contributed by atoms with Gasteiger partial charge in [-0.1, -0.05) is 42.5 Å². The van der Waals surface area contributed by atoms with Gasteiger partial charge in [0.25, 0.3) is 0 Å². The molecule has 2 aromatic carbocycles. The van der Waals surface area contributed by atoms with Gasteiger partial charge in [-0.25, -0.2) is 4.39 Å². The van der Waals surface area contributed by atoms with E-state index in [1.165, 1.54) is 12.1 Å². The average Bonchev–Trinajstić information content (AvgIpc) is 2.40. The standard InChI is InChI=1S/C15H13FOS/c1-11(12-7-9-14(16)10-8-12)17-15(18)13-5-3-2-4-6-13/h2-11H,1H3. The number of hydrogen-bond donors (Lipinski definition) is 0. The third-order valence-electron chi connectivity index (χ3n) is 2.63. The van der Waals surface area contributed by atoms with Crippen molar-refractivity contribution < 1.29 is 9.13 Å². The molecule has 0 heterocycles. The Morgan fingerprint density at radius 3 is 2.28 bits per heavy atom. The molecule has 0 saturated heterocycles. The van der Waals surface area contributed by atoms with E-state index in [9.17, 15) is 4.39 Å². The van der Waals surface area contributed by atoms with E-state index in [0.29, 0.717) is 5.05 Å². The van der Waals surface area contributed by atoms with E-state index in [0.717, 1.165) is 11.1 Å². The van der Waals surface area contributed by atoms with Crippen LogP contribution in [0.25, 0.3) is 0 Å². The maximum absolute atomic E-state index is 12.8. The second kappa shape index (κ2) is 5.74. The third-order valence-corrected chi connectivity index (χ3v) is 2.96. The fraction of sp³-hybridized carbons (Fsp3) is 0.133. The summed E-state index contributed by atoms with van der Waals surface area (Å²) < 4.78 is 18.5. The van der Waals surface area contributed by atoms with Crippen molar-refractivity contribution in [2.75, 3.05) is 0 Å². The molecular weight excluding hydrogens is 247 g/mol. The Bertz CT molecular complexity index is 522. The highest BCUT2D eigenvalue weighted by molar-refractivity contribution is 7.80. The molecular formula is C15H13FOS. The Labute approximate surface area is 111 Å². The second-order valence-corrected chi connectivity index (χ2v) is 4.34. The summed E-state index contributed by atoms with van der Waals surface area (Å²) in [7, 11) is 0. The van der Waals surface area contributed by atoms with Crippen molar-refractivity contribution in [3.05, 3.63) is 71.5 Å². The number of ether oxygens (including phenoxy) is 1. The minimum Gasteiger partial charge on any atom is -0.475 e. The lowest BCUT2D eigenvalue weighted by Gasteiger charge is -2.15. The van der Waals surface area contributed by atoms with Crippen LogP contribution in [0.1, 0.15) is 24.2 Å². The molecule has 0 N–H and O–H groups in total. The summed E-state index contributed by atoms with van der Waals surface area (Å²) in [5, 5.41) is 0.451. The van der Waals surface area contributed by atoms with Crippen LogP contribution in [-0.4, -0.2) is 5.05 Å². The summed E-state index contributed by atoms with van der Waals surface area (Å²) >= 11 is 5.23. The first-order valence-corrected chi connectivity index (χ1v) is 6.09. The largest absolute Gasteiger partial charge is 0.475 e. The summed E-state index contributed by atoms with van der Waals surface area (Å²) in [4.78, 5) is 0. The third kappa shape index (κ3) is 3.14. The molecule has 0 radical (unpaired) electrons. The predicted molar refractivity (Wildman–Crippen MR) is 74.0 cm³/mol. The smallest absolute Gasteiger partial charge is 0.191 e. The number of benzene rings is 2. The maximum atomic E-state index is 12.8. The van der Waals surface area contributed by atoms with E-state index in [-0.39, 0.29) is 11.9 Å². The SMILES string of the molecule is CC(OC(=S)c1ccccc1)c1ccc(F)cc1. The van der Waals surface area contributed by atoms with E-state index in [1.807, 2.05) is 37.3 Å². The Kier molecular flexibility index (Phi) is 4.05. The first-order valence-electron chi connectivity index (χ1n) is 5.68. The van der Waals surface area contributed by atoms with Gasteiger partial charge < -0.3 is 4.74 Å². The van der Waals surface area contributed by atoms with Crippen molar-refractivity contribution in [2.24, 2.45) is 0 Å². The fourth-order valence-corrected chi connectivity index (χ4v) is 1.89. The molecule has 18 heavy (non-hydrogen) atoms. The van der Waals surface area contributed by atoms with Gasteiger partial charge in [0.05, 0.1) is 0 Å². The molecule has 0 aliphatic carbocycles. The van der Waals surface area contributed by atoms with Crippen molar-refractivity contribution in [1.29, 1.82) is 0 Å². The van der Waals surface area contributed by atoms with Crippen molar-refractivity contribution in [1.82, 2.24) is 0 Å². The Hall–Kier alpha value is -1.74. The Morgan fingerprint density at radius 2 is 1.67 bits per heavy atom. The van der Waals surface area contributed by atoms with Gasteiger partial charge in [-0.05, 0) is 36.8 Å². The van der Waals surface area contributed by atoms with Crippen molar-refractivity contribution in [3.8, 4) is 0 Å².